The number of hydrogen-bond acceptors (Lipinski definition) is 4. The summed E-state index contributed by atoms with van der Waals surface area (Å²) in [6, 6.07) is 28.5. The monoisotopic (exact) mass is 545 g/mol. The van der Waals surface area contributed by atoms with Crippen molar-refractivity contribution in [2.45, 2.75) is 32.9 Å². The number of ether oxygens (including phenoxy) is 1. The first-order valence-corrected chi connectivity index (χ1v) is 13.6. The number of anilines is 1. The molecule has 5 aromatic rings. The second-order valence-corrected chi connectivity index (χ2v) is 10.1. The molecule has 0 unspecified atom stereocenters. The van der Waals surface area contributed by atoms with Gasteiger partial charge in [0.2, 0.25) is 0 Å². The van der Waals surface area contributed by atoms with E-state index >= 15 is 0 Å². The number of urea groups is 1. The molecular formula is C33H31N5O3. The molecule has 3 aromatic carbocycles. The van der Waals surface area contributed by atoms with Gasteiger partial charge in [-0.1, -0.05) is 61.0 Å². The minimum Gasteiger partial charge on any atom is -0.465 e. The number of para-hydroxylation sites is 1. The highest BCUT2D eigenvalue weighted by Gasteiger charge is 2.36. The van der Waals surface area contributed by atoms with Crippen molar-refractivity contribution >= 4 is 17.7 Å². The molecule has 8 heteroatoms. The number of aromatic nitrogens is 3. The van der Waals surface area contributed by atoms with Gasteiger partial charge in [0.05, 0.1) is 42.3 Å². The molecule has 0 saturated heterocycles. The quantitative estimate of drug-likeness (QED) is 0.257. The Balaban J connectivity index is 1.51. The fourth-order valence-electron chi connectivity index (χ4n) is 5.48. The first-order chi connectivity index (χ1) is 20.0. The number of carbonyl (C=O) groups is 2. The second kappa shape index (κ2) is 10.8. The summed E-state index contributed by atoms with van der Waals surface area (Å²) in [5, 5.41) is 8.06. The molecule has 0 radical (unpaired) electrons. The van der Waals surface area contributed by atoms with Gasteiger partial charge in [0.15, 0.2) is 0 Å². The lowest BCUT2D eigenvalue weighted by Gasteiger charge is -2.31. The number of nitrogens with zero attached hydrogens (tertiary/aromatic N) is 4. The van der Waals surface area contributed by atoms with Crippen LogP contribution >= 0.6 is 0 Å². The third kappa shape index (κ3) is 4.78. The van der Waals surface area contributed by atoms with Gasteiger partial charge < -0.3 is 19.5 Å². The summed E-state index contributed by atoms with van der Waals surface area (Å²) in [5.41, 5.74) is 6.83. The SMILES string of the molecule is CCc1nn(-c2ccccc2)c2c1CN(C(=O)Nc1cccc(C(=O)OC)c1)[C@@H](c1ccc(C)cc1)c1cccn1-2. The number of amides is 2. The summed E-state index contributed by atoms with van der Waals surface area (Å²) in [6.45, 7) is 4.48. The molecule has 1 aliphatic rings. The molecule has 1 N–H and O–H groups in total. The van der Waals surface area contributed by atoms with Gasteiger partial charge >= 0.3 is 12.0 Å². The summed E-state index contributed by atoms with van der Waals surface area (Å²) < 4.78 is 9.01. The first-order valence-electron chi connectivity index (χ1n) is 13.6. The van der Waals surface area contributed by atoms with Gasteiger partial charge in [0, 0.05) is 17.4 Å². The number of carbonyl (C=O) groups excluding carboxylic acids is 2. The molecule has 0 fully saturated rings. The van der Waals surface area contributed by atoms with Crippen LogP contribution in [0.1, 0.15) is 51.4 Å². The normalized spacial score (nSPS) is 14.1. The zero-order valence-corrected chi connectivity index (χ0v) is 23.2. The molecule has 1 atom stereocenters. The Morgan fingerprint density at radius 2 is 1.76 bits per heavy atom. The molecule has 0 spiro atoms. The maximum atomic E-state index is 14.2. The molecule has 0 saturated carbocycles. The van der Waals surface area contributed by atoms with Crippen molar-refractivity contribution in [1.82, 2.24) is 19.2 Å². The number of esters is 1. The Morgan fingerprint density at radius 1 is 0.976 bits per heavy atom. The Morgan fingerprint density at radius 3 is 2.49 bits per heavy atom. The molecule has 3 heterocycles. The second-order valence-electron chi connectivity index (χ2n) is 10.1. The third-order valence-corrected chi connectivity index (χ3v) is 7.49. The number of fused-ring (bicyclic) bond motifs is 3. The van der Waals surface area contributed by atoms with Crippen LogP contribution in [-0.2, 0) is 17.7 Å². The van der Waals surface area contributed by atoms with E-state index in [1.807, 2.05) is 52.2 Å². The van der Waals surface area contributed by atoms with E-state index < -0.39 is 5.97 Å². The van der Waals surface area contributed by atoms with Crippen LogP contribution in [-0.4, -0.2) is 38.4 Å². The zero-order valence-electron chi connectivity index (χ0n) is 23.2. The van der Waals surface area contributed by atoms with Crippen molar-refractivity contribution in [2.75, 3.05) is 12.4 Å². The van der Waals surface area contributed by atoms with E-state index in [1.54, 1.807) is 24.3 Å². The summed E-state index contributed by atoms with van der Waals surface area (Å²) in [7, 11) is 1.34. The zero-order chi connectivity index (χ0) is 28.5. The maximum Gasteiger partial charge on any atom is 0.337 e. The van der Waals surface area contributed by atoms with Gasteiger partial charge in [-0.15, -0.1) is 0 Å². The molecule has 2 aromatic heterocycles. The van der Waals surface area contributed by atoms with Crippen LogP contribution in [0.15, 0.2) is 97.2 Å². The molecule has 8 nitrogen and oxygen atoms in total. The number of benzene rings is 3. The Kier molecular flexibility index (Phi) is 6.89. The van der Waals surface area contributed by atoms with Gasteiger partial charge in [-0.3, -0.25) is 0 Å². The fraction of sp³-hybridized carbons (Fsp3) is 0.182. The maximum absolute atomic E-state index is 14.2. The lowest BCUT2D eigenvalue weighted by atomic mass is 10.0. The average Bonchev–Trinajstić information content (AvgIpc) is 3.59. The van der Waals surface area contributed by atoms with Crippen molar-refractivity contribution in [2.24, 2.45) is 0 Å². The topological polar surface area (TPSA) is 81.4 Å². The number of hydrogen-bond donors (Lipinski definition) is 1. The lowest BCUT2D eigenvalue weighted by molar-refractivity contribution is 0.0600. The smallest absolute Gasteiger partial charge is 0.337 e. The van der Waals surface area contributed by atoms with Crippen LogP contribution < -0.4 is 5.32 Å². The molecule has 6 rings (SSSR count). The van der Waals surface area contributed by atoms with E-state index in [0.29, 0.717) is 24.2 Å². The van der Waals surface area contributed by atoms with Gasteiger partial charge in [-0.2, -0.15) is 5.10 Å². The van der Waals surface area contributed by atoms with Crippen LogP contribution in [0.25, 0.3) is 11.5 Å². The summed E-state index contributed by atoms with van der Waals surface area (Å²) >= 11 is 0. The van der Waals surface area contributed by atoms with E-state index in [4.69, 9.17) is 9.84 Å². The van der Waals surface area contributed by atoms with Gasteiger partial charge in [-0.25, -0.2) is 14.3 Å². The number of aryl methyl sites for hydroxylation is 2. The summed E-state index contributed by atoms with van der Waals surface area (Å²) in [5.74, 6) is 0.463. The molecule has 1 aliphatic heterocycles. The molecule has 0 bridgehead atoms. The predicted octanol–water partition coefficient (Wildman–Crippen LogP) is 6.46. The van der Waals surface area contributed by atoms with Crippen LogP contribution in [0.4, 0.5) is 10.5 Å². The van der Waals surface area contributed by atoms with Gasteiger partial charge in [0.1, 0.15) is 5.82 Å². The molecule has 41 heavy (non-hydrogen) atoms. The highest BCUT2D eigenvalue weighted by molar-refractivity contribution is 5.94. The first kappa shape index (κ1) is 26.1. The molecule has 0 aliphatic carbocycles. The van der Waals surface area contributed by atoms with E-state index in [0.717, 1.165) is 39.6 Å². The molecule has 206 valence electrons. The van der Waals surface area contributed by atoms with Crippen molar-refractivity contribution in [3.05, 3.63) is 131 Å². The average molecular weight is 546 g/mol. The van der Waals surface area contributed by atoms with E-state index in [9.17, 15) is 9.59 Å². The van der Waals surface area contributed by atoms with E-state index in [1.165, 1.54) is 7.11 Å². The van der Waals surface area contributed by atoms with Gasteiger partial charge in [0.25, 0.3) is 0 Å². The highest BCUT2D eigenvalue weighted by Crippen LogP contribution is 2.39. The summed E-state index contributed by atoms with van der Waals surface area (Å²) in [4.78, 5) is 28.2. The van der Waals surface area contributed by atoms with Crippen LogP contribution in [0.2, 0.25) is 0 Å². The van der Waals surface area contributed by atoms with E-state index in [2.05, 4.69) is 54.1 Å². The largest absolute Gasteiger partial charge is 0.465 e. The Labute approximate surface area is 238 Å². The minimum atomic E-state index is -0.461. The number of rotatable bonds is 5. The van der Waals surface area contributed by atoms with Crippen molar-refractivity contribution in [3.63, 3.8) is 0 Å². The Hall–Kier alpha value is -5.11. The number of nitrogens with one attached hydrogen (secondary N) is 1. The highest BCUT2D eigenvalue weighted by atomic mass is 16.5. The standard InChI is InChI=1S/C33H31N5O3/c1-4-28-27-21-37(33(40)34-25-11-8-10-24(20-25)32(39)41-3)30(23-17-15-22(2)16-18-23)29-14-9-19-36(29)31(27)38(35-28)26-12-6-5-7-13-26/h5-20,30H,4,21H2,1-3H3,(H,34,40)/t30-/m0/s1. The van der Waals surface area contributed by atoms with Crippen molar-refractivity contribution in [1.29, 1.82) is 0 Å². The van der Waals surface area contributed by atoms with Crippen LogP contribution in [0.5, 0.6) is 0 Å². The van der Waals surface area contributed by atoms with E-state index in [-0.39, 0.29) is 12.1 Å². The third-order valence-electron chi connectivity index (χ3n) is 7.49. The number of methoxy groups -OCH3 is 1. The minimum absolute atomic E-state index is 0.285. The van der Waals surface area contributed by atoms with Crippen molar-refractivity contribution in [3.8, 4) is 11.5 Å². The van der Waals surface area contributed by atoms with Crippen LogP contribution in [0.3, 0.4) is 0 Å². The Bertz CT molecular complexity index is 1720. The summed E-state index contributed by atoms with van der Waals surface area (Å²) in [6.07, 6.45) is 2.75. The lowest BCUT2D eigenvalue weighted by Crippen LogP contribution is -2.38. The van der Waals surface area contributed by atoms with Crippen LogP contribution in [0, 0.1) is 6.92 Å². The molecule has 2 amide bonds. The predicted molar refractivity (Wildman–Crippen MR) is 158 cm³/mol. The van der Waals surface area contributed by atoms with Gasteiger partial charge in [-0.05, 0) is 61.4 Å². The van der Waals surface area contributed by atoms with Crippen molar-refractivity contribution < 1.29 is 14.3 Å². The fourth-order valence-corrected chi connectivity index (χ4v) is 5.48. The molecular weight excluding hydrogens is 514 g/mol.